The first-order valence-electron chi connectivity index (χ1n) is 6.72. The van der Waals surface area contributed by atoms with Crippen LogP contribution in [0.1, 0.15) is 0 Å². The van der Waals surface area contributed by atoms with Gasteiger partial charge in [-0.05, 0) is 66.3 Å². The lowest BCUT2D eigenvalue weighted by molar-refractivity contribution is 0.414. The zero-order valence-corrected chi connectivity index (χ0v) is 13.9. The van der Waals surface area contributed by atoms with Crippen molar-refractivity contribution in [3.8, 4) is 28.4 Å². The number of methoxy groups -OCH3 is 2. The molecule has 5 heteroatoms. The Morgan fingerprint density at radius 3 is 1.95 bits per heavy atom. The Kier molecular flexibility index (Phi) is 4.27. The molecular weight excluding hydrogens is 314 g/mol. The van der Waals surface area contributed by atoms with E-state index in [0.717, 1.165) is 32.4 Å². The minimum Gasteiger partial charge on any atom is -0.497 e. The first-order chi connectivity index (χ1) is 10.7. The summed E-state index contributed by atoms with van der Waals surface area (Å²) in [6.45, 7) is 0. The number of aromatic nitrogens is 1. The van der Waals surface area contributed by atoms with Crippen LogP contribution < -0.4 is 9.47 Å². The van der Waals surface area contributed by atoms with Gasteiger partial charge in [0.2, 0.25) is 0 Å². The quantitative estimate of drug-likeness (QED) is 0.633. The molecular formula is C17H15NO2S2. The minimum absolute atomic E-state index is 0.816. The smallest absolute Gasteiger partial charge is 0.166 e. The van der Waals surface area contributed by atoms with Crippen LogP contribution in [0, 0.1) is 3.95 Å². The van der Waals surface area contributed by atoms with Gasteiger partial charge in [0.1, 0.15) is 11.5 Å². The van der Waals surface area contributed by atoms with Gasteiger partial charge in [-0.25, -0.2) is 0 Å². The van der Waals surface area contributed by atoms with E-state index in [0.29, 0.717) is 0 Å². The molecule has 0 radical (unpaired) electrons. The van der Waals surface area contributed by atoms with Gasteiger partial charge in [0.25, 0.3) is 0 Å². The van der Waals surface area contributed by atoms with Crippen LogP contribution >= 0.6 is 23.6 Å². The fraction of sp³-hybridized carbons (Fsp3) is 0.118. The summed E-state index contributed by atoms with van der Waals surface area (Å²) in [5.74, 6) is 1.67. The predicted octanol–water partition coefficient (Wildman–Crippen LogP) is 4.95. The van der Waals surface area contributed by atoms with Gasteiger partial charge in [-0.1, -0.05) is 0 Å². The van der Waals surface area contributed by atoms with Crippen molar-refractivity contribution in [1.29, 1.82) is 0 Å². The third-order valence-corrected chi connectivity index (χ3v) is 4.61. The van der Waals surface area contributed by atoms with Crippen molar-refractivity contribution >= 4 is 23.6 Å². The summed E-state index contributed by atoms with van der Waals surface area (Å²) in [5, 5.41) is 2.08. The van der Waals surface area contributed by atoms with Crippen LogP contribution in [0.25, 0.3) is 16.9 Å². The van der Waals surface area contributed by atoms with Crippen molar-refractivity contribution in [2.45, 2.75) is 0 Å². The molecule has 3 nitrogen and oxygen atoms in total. The van der Waals surface area contributed by atoms with E-state index in [9.17, 15) is 0 Å². The van der Waals surface area contributed by atoms with Crippen molar-refractivity contribution in [1.82, 2.24) is 4.57 Å². The van der Waals surface area contributed by atoms with Gasteiger partial charge in [-0.2, -0.15) is 0 Å². The molecule has 0 aliphatic carbocycles. The maximum Gasteiger partial charge on any atom is 0.166 e. The van der Waals surface area contributed by atoms with Crippen molar-refractivity contribution < 1.29 is 9.47 Å². The second-order valence-corrected chi connectivity index (χ2v) is 6.15. The van der Waals surface area contributed by atoms with Gasteiger partial charge in [0.05, 0.1) is 19.9 Å². The van der Waals surface area contributed by atoms with Gasteiger partial charge < -0.3 is 9.47 Å². The molecule has 0 aliphatic rings. The minimum atomic E-state index is 0.816. The number of benzene rings is 2. The van der Waals surface area contributed by atoms with E-state index in [1.54, 1.807) is 25.6 Å². The molecule has 3 aromatic rings. The lowest BCUT2D eigenvalue weighted by atomic mass is 10.1. The molecule has 3 rings (SSSR count). The summed E-state index contributed by atoms with van der Waals surface area (Å²) in [6, 6.07) is 15.9. The molecule has 1 heterocycles. The summed E-state index contributed by atoms with van der Waals surface area (Å²) < 4.78 is 13.3. The molecule has 22 heavy (non-hydrogen) atoms. The highest BCUT2D eigenvalue weighted by molar-refractivity contribution is 7.73. The van der Waals surface area contributed by atoms with Crippen molar-refractivity contribution in [3.05, 3.63) is 57.9 Å². The van der Waals surface area contributed by atoms with E-state index in [-0.39, 0.29) is 0 Å². The average molecular weight is 329 g/mol. The highest BCUT2D eigenvalue weighted by atomic mass is 32.1. The Morgan fingerprint density at radius 2 is 1.41 bits per heavy atom. The Bertz CT molecular complexity index is 817. The number of thiazole rings is 1. The van der Waals surface area contributed by atoms with Crippen LogP contribution in [0.2, 0.25) is 0 Å². The highest BCUT2D eigenvalue weighted by Crippen LogP contribution is 2.29. The van der Waals surface area contributed by atoms with E-state index in [2.05, 4.69) is 9.95 Å². The van der Waals surface area contributed by atoms with Crippen molar-refractivity contribution in [3.63, 3.8) is 0 Å². The molecule has 0 fully saturated rings. The first-order valence-corrected chi connectivity index (χ1v) is 8.01. The SMILES string of the molecule is COc1ccc(-c2csc(=S)n2-c2ccc(OC)cc2)cc1. The van der Waals surface area contributed by atoms with E-state index < -0.39 is 0 Å². The Morgan fingerprint density at radius 1 is 0.864 bits per heavy atom. The zero-order chi connectivity index (χ0) is 15.5. The maximum atomic E-state index is 5.49. The van der Waals surface area contributed by atoms with E-state index >= 15 is 0 Å². The molecule has 0 unspecified atom stereocenters. The Balaban J connectivity index is 2.08. The standard InChI is InChI=1S/C17H15NO2S2/c1-19-14-7-3-12(4-8-14)16-11-22-17(21)18(16)13-5-9-15(20-2)10-6-13/h3-11H,1-2H3. The van der Waals surface area contributed by atoms with Gasteiger partial charge in [-0.15, -0.1) is 11.3 Å². The van der Waals surface area contributed by atoms with Crippen LogP contribution in [-0.2, 0) is 0 Å². The molecule has 2 aromatic carbocycles. The zero-order valence-electron chi connectivity index (χ0n) is 12.3. The molecule has 0 amide bonds. The van der Waals surface area contributed by atoms with Gasteiger partial charge >= 0.3 is 0 Å². The van der Waals surface area contributed by atoms with E-state index in [4.69, 9.17) is 21.7 Å². The normalized spacial score (nSPS) is 10.5. The van der Waals surface area contributed by atoms with Gasteiger partial charge in [-0.3, -0.25) is 4.57 Å². The largest absolute Gasteiger partial charge is 0.497 e. The third-order valence-electron chi connectivity index (χ3n) is 3.41. The second-order valence-electron chi connectivity index (χ2n) is 4.65. The van der Waals surface area contributed by atoms with Crippen LogP contribution in [-0.4, -0.2) is 18.8 Å². The molecule has 0 saturated carbocycles. The van der Waals surface area contributed by atoms with Crippen LogP contribution in [0.3, 0.4) is 0 Å². The van der Waals surface area contributed by atoms with Gasteiger partial charge in [0.15, 0.2) is 3.95 Å². The van der Waals surface area contributed by atoms with Crippen LogP contribution in [0.4, 0.5) is 0 Å². The number of hydrogen-bond acceptors (Lipinski definition) is 4. The predicted molar refractivity (Wildman–Crippen MR) is 93.0 cm³/mol. The first kappa shape index (κ1) is 14.8. The molecule has 0 saturated heterocycles. The fourth-order valence-electron chi connectivity index (χ4n) is 2.24. The molecule has 0 aliphatic heterocycles. The molecule has 0 spiro atoms. The average Bonchev–Trinajstić information content (AvgIpc) is 2.96. The molecule has 112 valence electrons. The van der Waals surface area contributed by atoms with Gasteiger partial charge in [0, 0.05) is 11.1 Å². The Labute approximate surface area is 138 Å². The summed E-state index contributed by atoms with van der Waals surface area (Å²) in [6.07, 6.45) is 0. The van der Waals surface area contributed by atoms with Crippen molar-refractivity contribution in [2.75, 3.05) is 14.2 Å². The van der Waals surface area contributed by atoms with E-state index in [1.807, 2.05) is 48.5 Å². The molecule has 0 atom stereocenters. The Hall–Kier alpha value is -2.11. The summed E-state index contributed by atoms with van der Waals surface area (Å²) in [5.41, 5.74) is 3.20. The third kappa shape index (κ3) is 2.77. The molecule has 0 bridgehead atoms. The number of hydrogen-bond donors (Lipinski definition) is 0. The lowest BCUT2D eigenvalue weighted by Crippen LogP contribution is -1.96. The highest BCUT2D eigenvalue weighted by Gasteiger charge is 2.09. The summed E-state index contributed by atoms with van der Waals surface area (Å²) in [4.78, 5) is 0. The number of ether oxygens (including phenoxy) is 2. The maximum absolute atomic E-state index is 5.49. The van der Waals surface area contributed by atoms with E-state index in [1.165, 1.54) is 0 Å². The second kappa shape index (κ2) is 6.34. The number of rotatable bonds is 4. The van der Waals surface area contributed by atoms with Crippen LogP contribution in [0.5, 0.6) is 11.5 Å². The van der Waals surface area contributed by atoms with Crippen LogP contribution in [0.15, 0.2) is 53.9 Å². The fourth-order valence-corrected chi connectivity index (χ4v) is 3.36. The summed E-state index contributed by atoms with van der Waals surface area (Å²) >= 11 is 7.05. The monoisotopic (exact) mass is 329 g/mol. The summed E-state index contributed by atoms with van der Waals surface area (Å²) in [7, 11) is 3.33. The van der Waals surface area contributed by atoms with Crippen molar-refractivity contribution in [2.24, 2.45) is 0 Å². The molecule has 1 aromatic heterocycles. The lowest BCUT2D eigenvalue weighted by Gasteiger charge is -2.10. The molecule has 0 N–H and O–H groups in total. The number of nitrogens with zero attached hydrogens (tertiary/aromatic N) is 1. The topological polar surface area (TPSA) is 23.4 Å².